The summed E-state index contributed by atoms with van der Waals surface area (Å²) in [5, 5.41) is 18.3. The summed E-state index contributed by atoms with van der Waals surface area (Å²) in [7, 11) is 0. The molecule has 2 unspecified atom stereocenters. The number of aliphatic carboxylic acids is 1. The lowest BCUT2D eigenvalue weighted by atomic mass is 10.0. The number of hydrogen-bond acceptors (Lipinski definition) is 4. The van der Waals surface area contributed by atoms with E-state index in [9.17, 15) is 9.90 Å². The molecule has 0 radical (unpaired) electrons. The molecule has 0 bridgehead atoms. The van der Waals surface area contributed by atoms with E-state index in [1.165, 1.54) is 0 Å². The smallest absolute Gasteiger partial charge is 0.305 e. The molecule has 1 saturated heterocycles. The van der Waals surface area contributed by atoms with Crippen LogP contribution in [-0.4, -0.2) is 46.9 Å². The lowest BCUT2D eigenvalue weighted by Crippen LogP contribution is -2.47. The number of carboxylic acid groups (broad SMARTS) is 1. The maximum Gasteiger partial charge on any atom is 0.305 e. The number of benzene rings is 1. The van der Waals surface area contributed by atoms with Gasteiger partial charge in [0.2, 0.25) is 0 Å². The number of phenols is 1. The van der Waals surface area contributed by atoms with E-state index in [0.717, 1.165) is 12.1 Å². The largest absolute Gasteiger partial charge is 0.508 e. The van der Waals surface area contributed by atoms with Gasteiger partial charge in [0.1, 0.15) is 5.75 Å². The molecule has 1 aromatic carbocycles. The topological polar surface area (TPSA) is 70.0 Å². The summed E-state index contributed by atoms with van der Waals surface area (Å²) in [4.78, 5) is 13.1. The minimum absolute atomic E-state index is 0.0857. The van der Waals surface area contributed by atoms with Gasteiger partial charge < -0.3 is 14.9 Å². The molecule has 2 N–H and O–H groups in total. The van der Waals surface area contributed by atoms with Crippen LogP contribution >= 0.6 is 0 Å². The number of nitrogens with zero attached hydrogens (tertiary/aromatic N) is 1. The highest BCUT2D eigenvalue weighted by molar-refractivity contribution is 5.67. The average molecular weight is 265 g/mol. The first-order valence-electron chi connectivity index (χ1n) is 6.42. The molecule has 0 spiro atoms. The predicted octanol–water partition coefficient (Wildman–Crippen LogP) is 1.63. The maximum absolute atomic E-state index is 10.9. The van der Waals surface area contributed by atoms with Gasteiger partial charge in [-0.3, -0.25) is 9.69 Å². The van der Waals surface area contributed by atoms with Crippen molar-refractivity contribution in [2.75, 3.05) is 19.8 Å². The molecular formula is C14H19NO4. The van der Waals surface area contributed by atoms with Gasteiger partial charge >= 0.3 is 5.97 Å². The Hall–Kier alpha value is -1.59. The second kappa shape index (κ2) is 6.04. The van der Waals surface area contributed by atoms with E-state index in [2.05, 4.69) is 4.90 Å². The lowest BCUT2D eigenvalue weighted by Gasteiger charge is -2.39. The highest BCUT2D eigenvalue weighted by atomic mass is 16.5. The van der Waals surface area contributed by atoms with Gasteiger partial charge in [-0.1, -0.05) is 12.1 Å². The molecule has 19 heavy (non-hydrogen) atoms. The third-order valence-corrected chi connectivity index (χ3v) is 3.56. The van der Waals surface area contributed by atoms with Crippen molar-refractivity contribution < 1.29 is 19.7 Å². The summed E-state index contributed by atoms with van der Waals surface area (Å²) in [6.07, 6.45) is 0.0857. The van der Waals surface area contributed by atoms with Crippen LogP contribution in [0.1, 0.15) is 24.9 Å². The van der Waals surface area contributed by atoms with Crippen LogP contribution in [0.25, 0.3) is 0 Å². The van der Waals surface area contributed by atoms with Gasteiger partial charge in [0, 0.05) is 18.6 Å². The molecule has 0 saturated carbocycles. The Balaban J connectivity index is 2.12. The highest BCUT2D eigenvalue weighted by Gasteiger charge is 2.29. The number of hydrogen-bond donors (Lipinski definition) is 2. The van der Waals surface area contributed by atoms with Crippen molar-refractivity contribution in [3.05, 3.63) is 29.8 Å². The van der Waals surface area contributed by atoms with Crippen LogP contribution in [0.5, 0.6) is 5.75 Å². The van der Waals surface area contributed by atoms with Crippen molar-refractivity contribution in [1.29, 1.82) is 0 Å². The zero-order valence-corrected chi connectivity index (χ0v) is 11.0. The van der Waals surface area contributed by atoms with E-state index in [1.54, 1.807) is 12.1 Å². The Labute approximate surface area is 112 Å². The van der Waals surface area contributed by atoms with Gasteiger partial charge in [-0.2, -0.15) is 0 Å². The first-order chi connectivity index (χ1) is 9.08. The fraction of sp³-hybridized carbons (Fsp3) is 0.500. The predicted molar refractivity (Wildman–Crippen MR) is 70.1 cm³/mol. The minimum atomic E-state index is -0.807. The third kappa shape index (κ3) is 3.45. The Morgan fingerprint density at radius 3 is 2.79 bits per heavy atom. The van der Waals surface area contributed by atoms with Gasteiger partial charge in [0.05, 0.1) is 19.6 Å². The van der Waals surface area contributed by atoms with Crippen molar-refractivity contribution in [2.24, 2.45) is 0 Å². The zero-order chi connectivity index (χ0) is 13.8. The van der Waals surface area contributed by atoms with Gasteiger partial charge in [-0.25, -0.2) is 0 Å². The fourth-order valence-electron chi connectivity index (χ4n) is 2.50. The quantitative estimate of drug-likeness (QED) is 0.866. The van der Waals surface area contributed by atoms with Crippen LogP contribution in [0, 0.1) is 0 Å². The third-order valence-electron chi connectivity index (χ3n) is 3.56. The summed E-state index contributed by atoms with van der Waals surface area (Å²) in [6.45, 7) is 3.85. The molecule has 104 valence electrons. The van der Waals surface area contributed by atoms with Gasteiger partial charge in [-0.05, 0) is 24.6 Å². The molecule has 5 nitrogen and oxygen atoms in total. The Morgan fingerprint density at radius 1 is 1.47 bits per heavy atom. The van der Waals surface area contributed by atoms with Crippen LogP contribution in [0.2, 0.25) is 0 Å². The summed E-state index contributed by atoms with van der Waals surface area (Å²) in [5.74, 6) is -0.571. The number of aromatic hydroxyl groups is 1. The molecule has 0 amide bonds. The van der Waals surface area contributed by atoms with Gasteiger partial charge in [-0.15, -0.1) is 0 Å². The normalized spacial score (nSPS) is 22.1. The van der Waals surface area contributed by atoms with E-state index in [4.69, 9.17) is 9.84 Å². The van der Waals surface area contributed by atoms with E-state index in [1.807, 2.05) is 19.1 Å². The summed E-state index contributed by atoms with van der Waals surface area (Å²) >= 11 is 0. The highest BCUT2D eigenvalue weighted by Crippen LogP contribution is 2.26. The molecule has 1 aromatic rings. The fourth-order valence-corrected chi connectivity index (χ4v) is 2.50. The lowest BCUT2D eigenvalue weighted by molar-refractivity contribution is -0.140. The van der Waals surface area contributed by atoms with Crippen LogP contribution < -0.4 is 0 Å². The Bertz CT molecular complexity index is 432. The molecule has 2 atom stereocenters. The standard InChI is InChI=1S/C14H19NO4/c1-10(11-2-4-13(16)5-3-11)15-6-7-19-9-12(15)8-14(17)18/h2-5,10,12,16H,6-9H2,1H3,(H,17,18). The molecule has 5 heteroatoms. The Kier molecular flexibility index (Phi) is 4.39. The Morgan fingerprint density at radius 2 is 2.16 bits per heavy atom. The molecule has 1 heterocycles. The first-order valence-corrected chi connectivity index (χ1v) is 6.42. The minimum Gasteiger partial charge on any atom is -0.508 e. The van der Waals surface area contributed by atoms with E-state index in [0.29, 0.717) is 13.2 Å². The summed E-state index contributed by atoms with van der Waals surface area (Å²) < 4.78 is 5.37. The first kappa shape index (κ1) is 13.8. The number of ether oxygens (including phenoxy) is 1. The van der Waals surface area contributed by atoms with Crippen molar-refractivity contribution in [3.8, 4) is 5.75 Å². The molecular weight excluding hydrogens is 246 g/mol. The van der Waals surface area contributed by atoms with Gasteiger partial charge in [0.15, 0.2) is 0 Å². The summed E-state index contributed by atoms with van der Waals surface area (Å²) in [6, 6.07) is 7.04. The second-order valence-corrected chi connectivity index (χ2v) is 4.83. The van der Waals surface area contributed by atoms with Crippen molar-refractivity contribution in [3.63, 3.8) is 0 Å². The van der Waals surface area contributed by atoms with Gasteiger partial charge in [0.25, 0.3) is 0 Å². The molecule has 1 aliphatic heterocycles. The number of phenolic OH excluding ortho intramolecular Hbond substituents is 1. The number of carboxylic acids is 1. The molecule has 0 aromatic heterocycles. The average Bonchev–Trinajstić information content (AvgIpc) is 2.39. The van der Waals surface area contributed by atoms with E-state index >= 15 is 0 Å². The molecule has 1 aliphatic rings. The van der Waals surface area contributed by atoms with E-state index in [-0.39, 0.29) is 24.3 Å². The molecule has 1 fully saturated rings. The van der Waals surface area contributed by atoms with Crippen molar-refractivity contribution in [1.82, 2.24) is 4.90 Å². The maximum atomic E-state index is 10.9. The van der Waals surface area contributed by atoms with Crippen LogP contribution in [-0.2, 0) is 9.53 Å². The number of rotatable bonds is 4. The zero-order valence-electron chi connectivity index (χ0n) is 11.0. The summed E-state index contributed by atoms with van der Waals surface area (Å²) in [5.41, 5.74) is 1.06. The van der Waals surface area contributed by atoms with Crippen molar-refractivity contribution >= 4 is 5.97 Å². The molecule has 2 rings (SSSR count). The number of carbonyl (C=O) groups is 1. The second-order valence-electron chi connectivity index (χ2n) is 4.83. The van der Waals surface area contributed by atoms with Crippen LogP contribution in [0.3, 0.4) is 0 Å². The van der Waals surface area contributed by atoms with Crippen LogP contribution in [0.15, 0.2) is 24.3 Å². The number of morpholine rings is 1. The molecule has 0 aliphatic carbocycles. The van der Waals surface area contributed by atoms with Crippen LogP contribution in [0.4, 0.5) is 0 Å². The monoisotopic (exact) mass is 265 g/mol. The SMILES string of the molecule is CC(c1ccc(O)cc1)N1CCOCC1CC(=O)O. The van der Waals surface area contributed by atoms with Crippen molar-refractivity contribution in [2.45, 2.75) is 25.4 Å². The van der Waals surface area contributed by atoms with E-state index < -0.39 is 5.97 Å².